The maximum absolute atomic E-state index is 12.9. The molecule has 130 valence electrons. The lowest BCUT2D eigenvalue weighted by atomic mass is 9.98. The van der Waals surface area contributed by atoms with Crippen LogP contribution in [0.3, 0.4) is 0 Å². The summed E-state index contributed by atoms with van der Waals surface area (Å²) in [5.74, 6) is -0.315. The summed E-state index contributed by atoms with van der Waals surface area (Å²) in [6.45, 7) is 3.20. The normalized spacial score (nSPS) is 13.3. The maximum Gasteiger partial charge on any atom is 0.228 e. The molecule has 1 aliphatic heterocycles. The van der Waals surface area contributed by atoms with E-state index in [1.165, 1.54) is 17.7 Å². The average molecular weight is 340 g/mol. The lowest BCUT2D eigenvalue weighted by Crippen LogP contribution is -2.35. The Labute approximate surface area is 146 Å². The van der Waals surface area contributed by atoms with E-state index >= 15 is 0 Å². The van der Waals surface area contributed by atoms with E-state index in [2.05, 4.69) is 5.32 Å². The SMILES string of the molecule is CCC(=O)N1CCc2ccc(NC(=O)Cc3ccc(F)cc3)cc2C1. The summed E-state index contributed by atoms with van der Waals surface area (Å²) >= 11 is 0. The lowest BCUT2D eigenvalue weighted by Gasteiger charge is -2.29. The number of fused-ring (bicyclic) bond motifs is 1. The van der Waals surface area contributed by atoms with Crippen molar-refractivity contribution in [2.75, 3.05) is 11.9 Å². The van der Waals surface area contributed by atoms with Crippen LogP contribution in [-0.4, -0.2) is 23.3 Å². The Hall–Kier alpha value is -2.69. The van der Waals surface area contributed by atoms with Gasteiger partial charge in [-0.05, 0) is 47.4 Å². The van der Waals surface area contributed by atoms with Crippen LogP contribution < -0.4 is 5.32 Å². The van der Waals surface area contributed by atoms with Gasteiger partial charge < -0.3 is 10.2 Å². The molecule has 0 radical (unpaired) electrons. The van der Waals surface area contributed by atoms with E-state index in [0.717, 1.165) is 29.8 Å². The van der Waals surface area contributed by atoms with E-state index in [1.54, 1.807) is 12.1 Å². The van der Waals surface area contributed by atoms with Crippen LogP contribution in [0.4, 0.5) is 10.1 Å². The van der Waals surface area contributed by atoms with Crippen molar-refractivity contribution < 1.29 is 14.0 Å². The second kappa shape index (κ2) is 7.47. The third-order valence-electron chi connectivity index (χ3n) is 4.44. The first-order valence-corrected chi connectivity index (χ1v) is 8.49. The van der Waals surface area contributed by atoms with E-state index < -0.39 is 0 Å². The minimum absolute atomic E-state index is 0.149. The minimum atomic E-state index is -0.315. The van der Waals surface area contributed by atoms with Gasteiger partial charge in [0.25, 0.3) is 0 Å². The highest BCUT2D eigenvalue weighted by Crippen LogP contribution is 2.23. The summed E-state index contributed by atoms with van der Waals surface area (Å²) in [7, 11) is 0. The average Bonchev–Trinajstić information content (AvgIpc) is 2.62. The van der Waals surface area contributed by atoms with Crippen molar-refractivity contribution in [2.24, 2.45) is 0 Å². The summed E-state index contributed by atoms with van der Waals surface area (Å²) < 4.78 is 12.9. The van der Waals surface area contributed by atoms with Crippen molar-refractivity contribution in [2.45, 2.75) is 32.7 Å². The summed E-state index contributed by atoms with van der Waals surface area (Å²) in [6.07, 6.45) is 1.53. The molecule has 2 amide bonds. The number of rotatable bonds is 4. The Morgan fingerprint density at radius 3 is 2.60 bits per heavy atom. The van der Waals surface area contributed by atoms with Gasteiger partial charge in [-0.3, -0.25) is 9.59 Å². The quantitative estimate of drug-likeness (QED) is 0.928. The molecule has 0 spiro atoms. The van der Waals surface area contributed by atoms with Crippen LogP contribution in [0.1, 0.15) is 30.0 Å². The zero-order valence-electron chi connectivity index (χ0n) is 14.2. The van der Waals surface area contributed by atoms with Gasteiger partial charge in [-0.2, -0.15) is 0 Å². The first-order chi connectivity index (χ1) is 12.0. The molecule has 1 heterocycles. The van der Waals surface area contributed by atoms with E-state index in [9.17, 15) is 14.0 Å². The van der Waals surface area contributed by atoms with Gasteiger partial charge in [-0.15, -0.1) is 0 Å². The molecule has 4 nitrogen and oxygen atoms in total. The Balaban J connectivity index is 1.66. The van der Waals surface area contributed by atoms with E-state index in [1.807, 2.05) is 30.0 Å². The molecule has 0 atom stereocenters. The third-order valence-corrected chi connectivity index (χ3v) is 4.44. The van der Waals surface area contributed by atoms with E-state index in [0.29, 0.717) is 13.0 Å². The van der Waals surface area contributed by atoms with Crippen LogP contribution in [0.25, 0.3) is 0 Å². The molecule has 0 aromatic heterocycles. The highest BCUT2D eigenvalue weighted by molar-refractivity contribution is 5.92. The standard InChI is InChI=1S/C20H21FN2O2/c1-2-20(25)23-10-9-15-5-8-18(12-16(15)13-23)22-19(24)11-14-3-6-17(21)7-4-14/h3-8,12H,2,9-11,13H2,1H3,(H,22,24). The van der Waals surface area contributed by atoms with Gasteiger partial charge in [0.1, 0.15) is 5.82 Å². The molecule has 3 rings (SSSR count). The molecule has 1 aliphatic rings. The fourth-order valence-electron chi connectivity index (χ4n) is 3.06. The van der Waals surface area contributed by atoms with Gasteiger partial charge in [0, 0.05) is 25.2 Å². The Bertz CT molecular complexity index is 787. The topological polar surface area (TPSA) is 49.4 Å². The second-order valence-electron chi connectivity index (χ2n) is 6.25. The highest BCUT2D eigenvalue weighted by atomic mass is 19.1. The number of nitrogens with one attached hydrogen (secondary N) is 1. The molecule has 25 heavy (non-hydrogen) atoms. The van der Waals surface area contributed by atoms with Crippen molar-refractivity contribution >= 4 is 17.5 Å². The van der Waals surface area contributed by atoms with Crippen LogP contribution >= 0.6 is 0 Å². The van der Waals surface area contributed by atoms with Gasteiger partial charge >= 0.3 is 0 Å². The third kappa shape index (κ3) is 4.24. The number of carbonyl (C=O) groups excluding carboxylic acids is 2. The molecule has 0 fully saturated rings. The van der Waals surface area contributed by atoms with Crippen molar-refractivity contribution in [3.63, 3.8) is 0 Å². The molecule has 2 aromatic rings. The Morgan fingerprint density at radius 2 is 1.88 bits per heavy atom. The summed E-state index contributed by atoms with van der Waals surface area (Å²) in [5.41, 5.74) is 3.78. The molecule has 0 unspecified atom stereocenters. The van der Waals surface area contributed by atoms with Gasteiger partial charge in [0.15, 0.2) is 0 Å². The molecule has 0 aliphatic carbocycles. The number of anilines is 1. The van der Waals surface area contributed by atoms with Crippen molar-refractivity contribution in [1.82, 2.24) is 4.90 Å². The molecular weight excluding hydrogens is 319 g/mol. The number of hydrogen-bond acceptors (Lipinski definition) is 2. The molecule has 0 saturated carbocycles. The largest absolute Gasteiger partial charge is 0.338 e. The monoisotopic (exact) mass is 340 g/mol. The second-order valence-corrected chi connectivity index (χ2v) is 6.25. The maximum atomic E-state index is 12.9. The zero-order valence-corrected chi connectivity index (χ0v) is 14.2. The summed E-state index contributed by atoms with van der Waals surface area (Å²) in [6, 6.07) is 11.7. The predicted molar refractivity (Wildman–Crippen MR) is 94.6 cm³/mol. The first-order valence-electron chi connectivity index (χ1n) is 8.49. The zero-order chi connectivity index (χ0) is 17.8. The molecule has 2 aromatic carbocycles. The van der Waals surface area contributed by atoms with Gasteiger partial charge in [0.05, 0.1) is 6.42 Å². The highest BCUT2D eigenvalue weighted by Gasteiger charge is 2.19. The molecule has 1 N–H and O–H groups in total. The van der Waals surface area contributed by atoms with Gasteiger partial charge in [0.2, 0.25) is 11.8 Å². The number of carbonyl (C=O) groups is 2. The smallest absolute Gasteiger partial charge is 0.228 e. The summed E-state index contributed by atoms with van der Waals surface area (Å²) in [5, 5.41) is 2.88. The Morgan fingerprint density at radius 1 is 1.12 bits per heavy atom. The number of hydrogen-bond donors (Lipinski definition) is 1. The van der Waals surface area contributed by atoms with Gasteiger partial charge in [-0.1, -0.05) is 25.1 Å². The molecular formula is C20H21FN2O2. The minimum Gasteiger partial charge on any atom is -0.338 e. The number of halogens is 1. The number of benzene rings is 2. The van der Waals surface area contributed by atoms with Crippen LogP contribution in [0, 0.1) is 5.82 Å². The number of nitrogens with zero attached hydrogens (tertiary/aromatic N) is 1. The van der Waals surface area contributed by atoms with Crippen LogP contribution in [0.5, 0.6) is 0 Å². The Kier molecular flexibility index (Phi) is 5.12. The molecule has 0 bridgehead atoms. The van der Waals surface area contributed by atoms with Crippen LogP contribution in [0.15, 0.2) is 42.5 Å². The van der Waals surface area contributed by atoms with Gasteiger partial charge in [-0.25, -0.2) is 4.39 Å². The van der Waals surface area contributed by atoms with Crippen LogP contribution in [-0.2, 0) is 29.0 Å². The van der Waals surface area contributed by atoms with Crippen molar-refractivity contribution in [3.8, 4) is 0 Å². The lowest BCUT2D eigenvalue weighted by molar-refractivity contribution is -0.131. The van der Waals surface area contributed by atoms with E-state index in [4.69, 9.17) is 0 Å². The van der Waals surface area contributed by atoms with Crippen LogP contribution in [0.2, 0.25) is 0 Å². The molecule has 0 saturated heterocycles. The fourth-order valence-corrected chi connectivity index (χ4v) is 3.06. The fraction of sp³-hybridized carbons (Fsp3) is 0.300. The van der Waals surface area contributed by atoms with Crippen molar-refractivity contribution in [1.29, 1.82) is 0 Å². The predicted octanol–water partition coefficient (Wildman–Crippen LogP) is 3.30. The first kappa shape index (κ1) is 17.1. The molecule has 5 heteroatoms. The van der Waals surface area contributed by atoms with E-state index in [-0.39, 0.29) is 24.1 Å². The summed E-state index contributed by atoms with van der Waals surface area (Å²) in [4.78, 5) is 25.9. The van der Waals surface area contributed by atoms with Crippen molar-refractivity contribution in [3.05, 3.63) is 65.0 Å². The number of amides is 2.